The molecule has 1 N–H and O–H groups in total. The molecule has 0 aliphatic heterocycles. The summed E-state index contributed by atoms with van der Waals surface area (Å²) in [6.07, 6.45) is 1.81. The molecule has 0 bridgehead atoms. The van der Waals surface area contributed by atoms with E-state index in [-0.39, 0.29) is 49.6 Å². The third-order valence-corrected chi connectivity index (χ3v) is 11.6. The number of nitrogens with zero attached hydrogens (tertiary/aromatic N) is 3. The van der Waals surface area contributed by atoms with Crippen LogP contribution in [-0.2, 0) is 31.9 Å². The van der Waals surface area contributed by atoms with Gasteiger partial charge in [0.05, 0.1) is 22.3 Å². The van der Waals surface area contributed by atoms with E-state index in [2.05, 4.69) is 90.1 Å². The Kier molecular flexibility index (Phi) is 9.48. The van der Waals surface area contributed by atoms with E-state index in [1.807, 2.05) is 67.1 Å². The molecule has 0 radical (unpaired) electrons. The van der Waals surface area contributed by atoms with Gasteiger partial charge in [0.25, 0.3) is 0 Å². The molecule has 0 saturated heterocycles. The Hall–Kier alpha value is -5.57. The number of aromatic nitrogens is 3. The molecule has 5 heteroatoms. The van der Waals surface area contributed by atoms with Crippen molar-refractivity contribution < 1.29 is 38.5 Å². The monoisotopic (exact) mass is 1000 g/mol. The maximum Gasteiger partial charge on any atom is 0.148 e. The van der Waals surface area contributed by atoms with Crippen LogP contribution in [0.5, 0.6) is 5.75 Å². The number of phenolic OH excluding ortho intramolecular Hbond substituents is 1. The van der Waals surface area contributed by atoms with Gasteiger partial charge >= 0.3 is 0 Å². The van der Waals surface area contributed by atoms with E-state index < -0.39 is 26.0 Å². The van der Waals surface area contributed by atoms with Crippen LogP contribution in [0.1, 0.15) is 121 Å². The first kappa shape index (κ1) is 34.0. The molecule has 8 aromatic rings. The number of rotatable bonds is 8. The maximum atomic E-state index is 12.4. The topological polar surface area (TPSA) is 50.9 Å². The van der Waals surface area contributed by atoms with Gasteiger partial charge in [0.15, 0.2) is 0 Å². The van der Waals surface area contributed by atoms with Crippen LogP contribution in [0.25, 0.3) is 72.7 Å². The van der Waals surface area contributed by atoms with Gasteiger partial charge in [-0.2, -0.15) is 0 Å². The van der Waals surface area contributed by atoms with Crippen molar-refractivity contribution in [3.8, 4) is 67.5 Å². The molecular formula is C57H58N3OPt-. The minimum absolute atomic E-state index is 0. The number of hydrogen-bond donors (Lipinski definition) is 1. The molecule has 2 aromatic heterocycles. The SMILES string of the molecule is [2H]C([2H])([2H])C(c1ccc(-n2c(-c3cc(C(C)C)cc(C(C)C)c3O)nc3c(-c4[c-]c(-c5cc(-c6ccc(C)cc6)ccn5)cc(C(C)(C)C)c4)cccc32)c(-c2ccccc2)c1)(C([2H])([2H])[2H])C([2H])([2H])[2H].[Pt]. The first-order valence-corrected chi connectivity index (χ1v) is 20.9. The van der Waals surface area contributed by atoms with Gasteiger partial charge in [-0.15, -0.1) is 29.3 Å². The van der Waals surface area contributed by atoms with Crippen LogP contribution < -0.4 is 0 Å². The first-order valence-electron chi connectivity index (χ1n) is 25.4. The predicted molar refractivity (Wildman–Crippen MR) is 257 cm³/mol. The van der Waals surface area contributed by atoms with Crippen LogP contribution in [0.15, 0.2) is 134 Å². The fourth-order valence-electron chi connectivity index (χ4n) is 7.97. The number of para-hydroxylation sites is 1. The molecule has 0 amide bonds. The van der Waals surface area contributed by atoms with Crippen LogP contribution in [0, 0.1) is 13.0 Å². The summed E-state index contributed by atoms with van der Waals surface area (Å²) in [5.74, 6) is 0.417. The normalized spacial score (nSPS) is 14.8. The van der Waals surface area contributed by atoms with Crippen molar-refractivity contribution in [2.24, 2.45) is 0 Å². The van der Waals surface area contributed by atoms with Crippen molar-refractivity contribution in [1.82, 2.24) is 14.5 Å². The summed E-state index contributed by atoms with van der Waals surface area (Å²) in [6.45, 7) is 6.30. The molecule has 0 saturated carbocycles. The summed E-state index contributed by atoms with van der Waals surface area (Å²) in [6, 6.07) is 43.5. The predicted octanol–water partition coefficient (Wildman–Crippen LogP) is 15.4. The Morgan fingerprint density at radius 1 is 0.645 bits per heavy atom. The van der Waals surface area contributed by atoms with E-state index in [0.717, 1.165) is 50.2 Å². The van der Waals surface area contributed by atoms with Gasteiger partial charge in [0, 0.05) is 50.9 Å². The largest absolute Gasteiger partial charge is 0.507 e. The zero-order chi connectivity index (χ0) is 50.9. The molecule has 0 spiro atoms. The number of imidazole rings is 1. The first-order chi connectivity index (χ1) is 32.7. The average Bonchev–Trinajstić information content (AvgIpc) is 3.67. The summed E-state index contributed by atoms with van der Waals surface area (Å²) in [5.41, 5.74) is 8.13. The summed E-state index contributed by atoms with van der Waals surface area (Å²) in [5, 5.41) is 12.4. The standard InChI is InChI=1S/C57H58N3O.Pt/c1-35(2)41-31-47(36(3)4)54(61)49(32-41)55-59-53-46(18-15-19-52(53)60(55)51-25-24-44(56(6,7)8)34-48(51)39-16-13-12-14-17-39)42-28-43(30-45(29-42)57(9,10)11)50-33-40(26-27-58-50)38-22-20-37(5)21-23-38;/h12-27,29-36,61H,1-11H3;/q-1;/i6D3,7D3,8D3;. The molecule has 0 fully saturated rings. The van der Waals surface area contributed by atoms with Crippen LogP contribution >= 0.6 is 0 Å². The number of aromatic hydroxyl groups is 1. The summed E-state index contributed by atoms with van der Waals surface area (Å²) in [7, 11) is 0. The Morgan fingerprint density at radius 2 is 1.37 bits per heavy atom. The summed E-state index contributed by atoms with van der Waals surface area (Å²) in [4.78, 5) is 10.3. The number of pyridine rings is 1. The molecule has 2 heterocycles. The van der Waals surface area contributed by atoms with E-state index in [0.29, 0.717) is 39.2 Å². The molecule has 8 rings (SSSR count). The summed E-state index contributed by atoms with van der Waals surface area (Å²) < 4.78 is 79.2. The second kappa shape index (κ2) is 17.3. The van der Waals surface area contributed by atoms with Crippen LogP contribution in [0.4, 0.5) is 0 Å². The van der Waals surface area contributed by atoms with Crippen molar-refractivity contribution in [3.63, 3.8) is 0 Å². The zero-order valence-corrected chi connectivity index (χ0v) is 38.7. The molecule has 0 atom stereocenters. The van der Waals surface area contributed by atoms with Crippen molar-refractivity contribution in [3.05, 3.63) is 167 Å². The fourth-order valence-corrected chi connectivity index (χ4v) is 7.97. The molecule has 4 nitrogen and oxygen atoms in total. The van der Waals surface area contributed by atoms with Gasteiger partial charge in [0.2, 0.25) is 0 Å². The van der Waals surface area contributed by atoms with E-state index in [1.165, 1.54) is 17.7 Å². The second-order valence-corrected chi connectivity index (χ2v) is 17.8. The molecule has 6 aromatic carbocycles. The summed E-state index contributed by atoms with van der Waals surface area (Å²) >= 11 is 0. The van der Waals surface area contributed by atoms with Crippen LogP contribution in [0.3, 0.4) is 0 Å². The number of hydrogen-bond acceptors (Lipinski definition) is 3. The van der Waals surface area contributed by atoms with Gasteiger partial charge in [0.1, 0.15) is 11.6 Å². The van der Waals surface area contributed by atoms with E-state index in [1.54, 1.807) is 30.3 Å². The number of phenols is 1. The average molecular weight is 1010 g/mol. The molecule has 62 heavy (non-hydrogen) atoms. The molecule has 318 valence electrons. The molecule has 0 unspecified atom stereocenters. The molecular weight excluding hydrogens is 938 g/mol. The molecule has 0 aliphatic rings. The van der Waals surface area contributed by atoms with Gasteiger partial charge in [-0.1, -0.05) is 171 Å². The zero-order valence-electron chi connectivity index (χ0n) is 45.5. The quantitative estimate of drug-likeness (QED) is 0.154. The van der Waals surface area contributed by atoms with Gasteiger partial charge in [-0.25, -0.2) is 4.98 Å². The van der Waals surface area contributed by atoms with Crippen LogP contribution in [-0.4, -0.2) is 19.6 Å². The Morgan fingerprint density at radius 3 is 2.05 bits per heavy atom. The third kappa shape index (κ3) is 8.73. The van der Waals surface area contributed by atoms with Gasteiger partial charge in [-0.05, 0) is 93.3 Å². The van der Waals surface area contributed by atoms with Crippen molar-refractivity contribution in [2.75, 3.05) is 0 Å². The smallest absolute Gasteiger partial charge is 0.148 e. The molecule has 0 aliphatic carbocycles. The van der Waals surface area contributed by atoms with E-state index in [9.17, 15) is 5.11 Å². The van der Waals surface area contributed by atoms with Crippen LogP contribution in [0.2, 0.25) is 0 Å². The number of fused-ring (bicyclic) bond motifs is 1. The number of benzene rings is 6. The Bertz CT molecular complexity index is 3200. The third-order valence-electron chi connectivity index (χ3n) is 11.6. The number of aryl methyl sites for hydroxylation is 1. The van der Waals surface area contributed by atoms with E-state index in [4.69, 9.17) is 22.3 Å². The Labute approximate surface area is 396 Å². The second-order valence-electron chi connectivity index (χ2n) is 17.8. The van der Waals surface area contributed by atoms with Crippen molar-refractivity contribution >= 4 is 11.0 Å². The minimum Gasteiger partial charge on any atom is -0.507 e. The van der Waals surface area contributed by atoms with Gasteiger partial charge in [-0.3, -0.25) is 9.55 Å². The van der Waals surface area contributed by atoms with Crippen molar-refractivity contribution in [2.45, 2.75) is 98.6 Å². The van der Waals surface area contributed by atoms with Gasteiger partial charge < -0.3 is 5.11 Å². The van der Waals surface area contributed by atoms with E-state index >= 15 is 0 Å². The minimum atomic E-state index is -3.48. The van der Waals surface area contributed by atoms with Crippen molar-refractivity contribution in [1.29, 1.82) is 0 Å². The fraction of sp³-hybridized carbons (Fsp3) is 0.263. The Balaban J connectivity index is 0.00000741. The maximum absolute atomic E-state index is 12.4.